The Balaban J connectivity index is 1.63. The first-order valence-electron chi connectivity index (χ1n) is 11.1. The van der Waals surface area contributed by atoms with E-state index in [0.29, 0.717) is 18.5 Å². The first kappa shape index (κ1) is 24.8. The van der Waals surface area contributed by atoms with Crippen molar-refractivity contribution in [3.05, 3.63) is 42.1 Å². The lowest BCUT2D eigenvalue weighted by Gasteiger charge is -2.23. The maximum atomic E-state index is 12.8. The van der Waals surface area contributed by atoms with Crippen molar-refractivity contribution in [3.8, 4) is 0 Å². The number of fused-ring (bicyclic) bond motifs is 1. The number of aromatic nitrogens is 1. The molecule has 34 heavy (non-hydrogen) atoms. The standard InChI is InChI=1S/C24H29N5O5/c1-24(2,3)29-23(34)20(31)18(12-15-10-11-25-21(15)32)28-19(30)13-26-22(33)17-9-8-14-6-4-5-7-16(14)27-17/h4-9,15,18H,10-13H2,1-3H3,(H,25,32)(H,26,33)(H,28,30)(H,29,34)/t15-,18?/m0/s1. The maximum Gasteiger partial charge on any atom is 0.290 e. The van der Waals surface area contributed by atoms with Gasteiger partial charge in [0, 0.05) is 23.4 Å². The molecule has 4 N–H and O–H groups in total. The van der Waals surface area contributed by atoms with Crippen LogP contribution in [0.4, 0.5) is 0 Å². The maximum absolute atomic E-state index is 12.8. The van der Waals surface area contributed by atoms with Gasteiger partial charge in [-0.25, -0.2) is 4.98 Å². The van der Waals surface area contributed by atoms with Gasteiger partial charge in [-0.15, -0.1) is 0 Å². The number of amides is 4. The van der Waals surface area contributed by atoms with E-state index in [-0.39, 0.29) is 18.0 Å². The molecule has 4 amide bonds. The summed E-state index contributed by atoms with van der Waals surface area (Å²) in [5.41, 5.74) is 0.142. The van der Waals surface area contributed by atoms with Crippen molar-refractivity contribution in [3.63, 3.8) is 0 Å². The van der Waals surface area contributed by atoms with Crippen LogP contribution in [0.3, 0.4) is 0 Å². The summed E-state index contributed by atoms with van der Waals surface area (Å²) in [6.07, 6.45) is 0.498. The van der Waals surface area contributed by atoms with Gasteiger partial charge in [0.25, 0.3) is 11.8 Å². The van der Waals surface area contributed by atoms with Crippen LogP contribution in [0, 0.1) is 5.92 Å². The van der Waals surface area contributed by atoms with Crippen molar-refractivity contribution in [2.75, 3.05) is 13.1 Å². The lowest BCUT2D eigenvalue weighted by Crippen LogP contribution is -2.53. The Kier molecular flexibility index (Phi) is 7.60. The number of rotatable bonds is 8. The molecule has 2 heterocycles. The molecule has 0 radical (unpaired) electrons. The van der Waals surface area contributed by atoms with Crippen LogP contribution in [0.2, 0.25) is 0 Å². The van der Waals surface area contributed by atoms with E-state index in [1.165, 1.54) is 0 Å². The summed E-state index contributed by atoms with van der Waals surface area (Å²) in [5.74, 6) is -3.61. The van der Waals surface area contributed by atoms with Crippen molar-refractivity contribution in [1.29, 1.82) is 0 Å². The molecule has 1 aliphatic heterocycles. The summed E-state index contributed by atoms with van der Waals surface area (Å²) in [4.78, 5) is 66.4. The van der Waals surface area contributed by atoms with E-state index in [1.54, 1.807) is 39.0 Å². The van der Waals surface area contributed by atoms with Gasteiger partial charge in [0.15, 0.2) is 0 Å². The number of carbonyl (C=O) groups is 5. The molecule has 1 aromatic heterocycles. The van der Waals surface area contributed by atoms with Crippen LogP contribution >= 0.6 is 0 Å². The van der Waals surface area contributed by atoms with Gasteiger partial charge in [0.2, 0.25) is 17.6 Å². The molecule has 2 atom stereocenters. The van der Waals surface area contributed by atoms with Crippen LogP contribution < -0.4 is 21.3 Å². The number of Topliss-reactive ketones (excluding diaryl/α,β-unsaturated/α-hetero) is 1. The van der Waals surface area contributed by atoms with Crippen LogP contribution in [0.15, 0.2) is 36.4 Å². The Morgan fingerprint density at radius 1 is 1.12 bits per heavy atom. The van der Waals surface area contributed by atoms with Crippen molar-refractivity contribution in [2.45, 2.75) is 45.2 Å². The molecule has 1 fully saturated rings. The van der Waals surface area contributed by atoms with Gasteiger partial charge in [-0.1, -0.05) is 24.3 Å². The predicted octanol–water partition coefficient (Wildman–Crippen LogP) is 0.459. The summed E-state index contributed by atoms with van der Waals surface area (Å²) < 4.78 is 0. The molecule has 180 valence electrons. The molecule has 3 rings (SSSR count). The Labute approximate surface area is 197 Å². The van der Waals surface area contributed by atoms with Crippen LogP contribution in [-0.2, 0) is 19.2 Å². The number of ketones is 1. The summed E-state index contributed by atoms with van der Waals surface area (Å²) >= 11 is 0. The van der Waals surface area contributed by atoms with E-state index in [0.717, 1.165) is 5.39 Å². The molecule has 10 heteroatoms. The number of pyridine rings is 1. The van der Waals surface area contributed by atoms with Gasteiger partial charge in [-0.3, -0.25) is 24.0 Å². The minimum atomic E-state index is -1.20. The fraction of sp³-hybridized carbons (Fsp3) is 0.417. The van der Waals surface area contributed by atoms with Crippen LogP contribution in [0.25, 0.3) is 10.9 Å². The van der Waals surface area contributed by atoms with Gasteiger partial charge in [0.05, 0.1) is 18.1 Å². The number of benzene rings is 1. The molecule has 0 aliphatic carbocycles. The van der Waals surface area contributed by atoms with E-state index in [9.17, 15) is 24.0 Å². The number of nitrogens with one attached hydrogen (secondary N) is 4. The molecular formula is C24H29N5O5. The Morgan fingerprint density at radius 2 is 1.85 bits per heavy atom. The van der Waals surface area contributed by atoms with Crippen molar-refractivity contribution in [1.82, 2.24) is 26.3 Å². The summed E-state index contributed by atoms with van der Waals surface area (Å²) in [5, 5.41) is 11.1. The predicted molar refractivity (Wildman–Crippen MR) is 125 cm³/mol. The van der Waals surface area contributed by atoms with Gasteiger partial charge >= 0.3 is 0 Å². The SMILES string of the molecule is CC(C)(C)NC(=O)C(=O)C(C[C@@H]1CCNC1=O)NC(=O)CNC(=O)c1ccc2ccccc2n1. The third-order valence-corrected chi connectivity index (χ3v) is 5.29. The van der Waals surface area contributed by atoms with E-state index in [1.807, 2.05) is 18.2 Å². The van der Waals surface area contributed by atoms with Crippen molar-refractivity contribution >= 4 is 40.3 Å². The molecular weight excluding hydrogens is 438 g/mol. The Bertz CT molecular complexity index is 1120. The van der Waals surface area contributed by atoms with Crippen LogP contribution in [-0.4, -0.2) is 59.1 Å². The number of nitrogens with zero attached hydrogens (tertiary/aromatic N) is 1. The molecule has 0 bridgehead atoms. The largest absolute Gasteiger partial charge is 0.356 e. The Hall–Kier alpha value is -3.82. The molecule has 1 aromatic carbocycles. The third-order valence-electron chi connectivity index (χ3n) is 5.29. The zero-order valence-corrected chi connectivity index (χ0v) is 19.4. The summed E-state index contributed by atoms with van der Waals surface area (Å²) in [6.45, 7) is 5.24. The number of hydrogen-bond acceptors (Lipinski definition) is 6. The van der Waals surface area contributed by atoms with Crippen LogP contribution in [0.1, 0.15) is 44.1 Å². The molecule has 10 nitrogen and oxygen atoms in total. The molecule has 0 saturated carbocycles. The number of carbonyl (C=O) groups excluding carboxylic acids is 5. The fourth-order valence-electron chi connectivity index (χ4n) is 3.64. The number of para-hydroxylation sites is 1. The smallest absolute Gasteiger partial charge is 0.290 e. The van der Waals surface area contributed by atoms with Gasteiger partial charge in [0.1, 0.15) is 5.69 Å². The topological polar surface area (TPSA) is 146 Å². The first-order chi connectivity index (χ1) is 16.0. The van der Waals surface area contributed by atoms with E-state index < -0.39 is 47.5 Å². The van der Waals surface area contributed by atoms with Gasteiger partial charge in [-0.2, -0.15) is 0 Å². The van der Waals surface area contributed by atoms with Crippen LogP contribution in [0.5, 0.6) is 0 Å². The zero-order valence-electron chi connectivity index (χ0n) is 19.4. The first-order valence-corrected chi connectivity index (χ1v) is 11.1. The lowest BCUT2D eigenvalue weighted by molar-refractivity contribution is -0.141. The minimum Gasteiger partial charge on any atom is -0.356 e. The zero-order chi connectivity index (χ0) is 24.9. The average Bonchev–Trinajstić information content (AvgIpc) is 3.19. The van der Waals surface area contributed by atoms with Crippen molar-refractivity contribution < 1.29 is 24.0 Å². The molecule has 1 unspecified atom stereocenters. The average molecular weight is 468 g/mol. The minimum absolute atomic E-state index is 0.00581. The van der Waals surface area contributed by atoms with Crippen molar-refractivity contribution in [2.24, 2.45) is 5.92 Å². The van der Waals surface area contributed by atoms with E-state index in [4.69, 9.17) is 0 Å². The Morgan fingerprint density at radius 3 is 2.53 bits per heavy atom. The summed E-state index contributed by atoms with van der Waals surface area (Å²) in [7, 11) is 0. The second kappa shape index (κ2) is 10.4. The highest BCUT2D eigenvalue weighted by atomic mass is 16.2. The lowest BCUT2D eigenvalue weighted by atomic mass is 9.95. The quantitative estimate of drug-likeness (QED) is 0.415. The highest BCUT2D eigenvalue weighted by Crippen LogP contribution is 2.17. The molecule has 2 aromatic rings. The van der Waals surface area contributed by atoms with E-state index in [2.05, 4.69) is 26.3 Å². The van der Waals surface area contributed by atoms with Gasteiger partial charge in [-0.05, 0) is 45.7 Å². The highest BCUT2D eigenvalue weighted by Gasteiger charge is 2.35. The highest BCUT2D eigenvalue weighted by molar-refractivity contribution is 6.38. The summed E-state index contributed by atoms with van der Waals surface area (Å²) in [6, 6.07) is 9.43. The third kappa shape index (κ3) is 6.60. The molecule has 1 saturated heterocycles. The van der Waals surface area contributed by atoms with E-state index >= 15 is 0 Å². The fourth-order valence-corrected chi connectivity index (χ4v) is 3.64. The monoisotopic (exact) mass is 467 g/mol. The second-order valence-corrected chi connectivity index (χ2v) is 9.27. The number of hydrogen-bond donors (Lipinski definition) is 4. The molecule has 1 aliphatic rings. The normalized spacial score (nSPS) is 16.4. The molecule has 0 spiro atoms. The second-order valence-electron chi connectivity index (χ2n) is 9.27. The van der Waals surface area contributed by atoms with Gasteiger partial charge < -0.3 is 21.3 Å².